The molecular formula is C11H13FO3. The highest BCUT2D eigenvalue weighted by molar-refractivity contribution is 5.87. The first-order valence-corrected chi connectivity index (χ1v) is 4.63. The molecule has 15 heavy (non-hydrogen) atoms. The second-order valence-electron chi connectivity index (χ2n) is 3.51. The Morgan fingerprint density at radius 1 is 1.47 bits per heavy atom. The van der Waals surface area contributed by atoms with Crippen molar-refractivity contribution in [3.63, 3.8) is 0 Å². The molecule has 0 saturated carbocycles. The zero-order valence-corrected chi connectivity index (χ0v) is 8.66. The van der Waals surface area contributed by atoms with E-state index in [-0.39, 0.29) is 18.3 Å². The lowest BCUT2D eigenvalue weighted by Crippen LogP contribution is -2.04. The van der Waals surface area contributed by atoms with Crippen LogP contribution in [0.25, 0.3) is 0 Å². The zero-order chi connectivity index (χ0) is 11.4. The van der Waals surface area contributed by atoms with Crippen molar-refractivity contribution in [2.75, 3.05) is 0 Å². The van der Waals surface area contributed by atoms with Crippen molar-refractivity contribution in [1.29, 1.82) is 0 Å². The van der Waals surface area contributed by atoms with Gasteiger partial charge in [-0.1, -0.05) is 0 Å². The Bertz CT molecular complexity index is 361. The van der Waals surface area contributed by atoms with Crippen LogP contribution in [-0.2, 0) is 11.3 Å². The van der Waals surface area contributed by atoms with Crippen LogP contribution in [-0.4, -0.2) is 17.2 Å². The second kappa shape index (κ2) is 4.89. The van der Waals surface area contributed by atoms with Gasteiger partial charge in [0.05, 0.1) is 18.3 Å². The molecule has 0 aromatic heterocycles. The monoisotopic (exact) mass is 212 g/mol. The highest BCUT2D eigenvalue weighted by atomic mass is 19.1. The van der Waals surface area contributed by atoms with Crippen LogP contribution in [0.15, 0.2) is 18.2 Å². The Labute approximate surface area is 87.5 Å². The summed E-state index contributed by atoms with van der Waals surface area (Å²) in [5.74, 6) is -1.70. The van der Waals surface area contributed by atoms with E-state index in [0.29, 0.717) is 5.56 Å². The van der Waals surface area contributed by atoms with E-state index in [1.807, 2.05) is 13.8 Å². The molecule has 0 amide bonds. The van der Waals surface area contributed by atoms with Crippen LogP contribution >= 0.6 is 0 Å². The van der Waals surface area contributed by atoms with Gasteiger partial charge in [-0.25, -0.2) is 9.18 Å². The van der Waals surface area contributed by atoms with E-state index in [0.717, 1.165) is 6.07 Å². The molecule has 1 N–H and O–H groups in total. The van der Waals surface area contributed by atoms with Gasteiger partial charge in [-0.3, -0.25) is 0 Å². The highest BCUT2D eigenvalue weighted by Gasteiger charge is 2.07. The molecule has 0 spiro atoms. The number of rotatable bonds is 4. The third kappa shape index (κ3) is 3.67. The largest absolute Gasteiger partial charge is 0.478 e. The molecule has 82 valence electrons. The van der Waals surface area contributed by atoms with Crippen LogP contribution in [0.3, 0.4) is 0 Å². The fraction of sp³-hybridized carbons (Fsp3) is 0.364. The van der Waals surface area contributed by atoms with Crippen LogP contribution in [0.5, 0.6) is 0 Å². The van der Waals surface area contributed by atoms with E-state index in [1.165, 1.54) is 12.1 Å². The number of hydrogen-bond acceptors (Lipinski definition) is 2. The molecule has 0 radical (unpaired) electrons. The molecule has 0 unspecified atom stereocenters. The van der Waals surface area contributed by atoms with Crippen molar-refractivity contribution in [1.82, 2.24) is 0 Å². The maximum Gasteiger partial charge on any atom is 0.335 e. The molecular weight excluding hydrogens is 199 g/mol. The van der Waals surface area contributed by atoms with Crippen molar-refractivity contribution >= 4 is 5.97 Å². The van der Waals surface area contributed by atoms with Crippen molar-refractivity contribution in [2.24, 2.45) is 0 Å². The lowest BCUT2D eigenvalue weighted by atomic mass is 10.1. The van der Waals surface area contributed by atoms with Crippen molar-refractivity contribution < 1.29 is 19.0 Å². The van der Waals surface area contributed by atoms with Gasteiger partial charge >= 0.3 is 5.97 Å². The van der Waals surface area contributed by atoms with E-state index in [1.54, 1.807) is 0 Å². The summed E-state index contributed by atoms with van der Waals surface area (Å²) in [7, 11) is 0. The molecule has 4 heteroatoms. The zero-order valence-electron chi connectivity index (χ0n) is 8.66. The first-order chi connectivity index (χ1) is 6.99. The summed E-state index contributed by atoms with van der Waals surface area (Å²) in [6, 6.07) is 3.67. The molecule has 0 saturated heterocycles. The number of benzene rings is 1. The van der Waals surface area contributed by atoms with Crippen LogP contribution < -0.4 is 0 Å². The topological polar surface area (TPSA) is 46.5 Å². The predicted molar refractivity (Wildman–Crippen MR) is 53.3 cm³/mol. The van der Waals surface area contributed by atoms with Crippen LogP contribution in [0.2, 0.25) is 0 Å². The summed E-state index contributed by atoms with van der Waals surface area (Å²) < 4.78 is 18.3. The van der Waals surface area contributed by atoms with Gasteiger partial charge in [0.1, 0.15) is 5.82 Å². The lowest BCUT2D eigenvalue weighted by molar-refractivity contribution is 0.0651. The predicted octanol–water partition coefficient (Wildman–Crippen LogP) is 2.45. The standard InChI is InChI=1S/C11H13FO3/c1-7(2)15-6-8-3-9(11(13)14)5-10(12)4-8/h3-5,7H,6H2,1-2H3,(H,13,14). The van der Waals surface area contributed by atoms with Crippen molar-refractivity contribution in [3.8, 4) is 0 Å². The highest BCUT2D eigenvalue weighted by Crippen LogP contribution is 2.11. The third-order valence-corrected chi connectivity index (χ3v) is 1.79. The first kappa shape index (κ1) is 11.7. The summed E-state index contributed by atoms with van der Waals surface area (Å²) >= 11 is 0. The maximum absolute atomic E-state index is 13.0. The smallest absolute Gasteiger partial charge is 0.335 e. The number of hydrogen-bond donors (Lipinski definition) is 1. The summed E-state index contributed by atoms with van der Waals surface area (Å²) in [5, 5.41) is 8.70. The summed E-state index contributed by atoms with van der Waals surface area (Å²) in [6.07, 6.45) is 0.0292. The van der Waals surface area contributed by atoms with Crippen molar-refractivity contribution in [2.45, 2.75) is 26.6 Å². The van der Waals surface area contributed by atoms with Gasteiger partial charge in [-0.05, 0) is 37.6 Å². The fourth-order valence-corrected chi connectivity index (χ4v) is 1.12. The van der Waals surface area contributed by atoms with E-state index in [9.17, 15) is 9.18 Å². The number of carboxylic acids is 1. The normalized spacial score (nSPS) is 10.7. The Kier molecular flexibility index (Phi) is 3.80. The molecule has 1 aromatic carbocycles. The van der Waals surface area contributed by atoms with Crippen molar-refractivity contribution in [3.05, 3.63) is 35.1 Å². The Morgan fingerprint density at radius 2 is 2.13 bits per heavy atom. The minimum absolute atomic E-state index is 0.0292. The number of aromatic carboxylic acids is 1. The average molecular weight is 212 g/mol. The Balaban J connectivity index is 2.84. The van der Waals surface area contributed by atoms with Gasteiger partial charge in [-0.2, -0.15) is 0 Å². The van der Waals surface area contributed by atoms with Gasteiger partial charge < -0.3 is 9.84 Å². The van der Waals surface area contributed by atoms with Gasteiger partial charge in [0.15, 0.2) is 0 Å². The molecule has 0 fully saturated rings. The minimum atomic E-state index is -1.14. The maximum atomic E-state index is 13.0. The second-order valence-corrected chi connectivity index (χ2v) is 3.51. The summed E-state index contributed by atoms with van der Waals surface area (Å²) in [6.45, 7) is 3.94. The first-order valence-electron chi connectivity index (χ1n) is 4.63. The third-order valence-electron chi connectivity index (χ3n) is 1.79. The number of halogens is 1. The molecule has 0 aliphatic rings. The molecule has 0 heterocycles. The molecule has 0 aliphatic heterocycles. The SMILES string of the molecule is CC(C)OCc1cc(F)cc(C(=O)O)c1. The number of ether oxygens (including phenoxy) is 1. The molecule has 0 bridgehead atoms. The quantitative estimate of drug-likeness (QED) is 0.833. The van der Waals surface area contributed by atoms with Crippen LogP contribution in [0, 0.1) is 5.82 Å². The Morgan fingerprint density at radius 3 is 2.67 bits per heavy atom. The van der Waals surface area contributed by atoms with Gasteiger partial charge in [0, 0.05) is 0 Å². The van der Waals surface area contributed by atoms with Crippen LogP contribution in [0.1, 0.15) is 29.8 Å². The molecule has 1 rings (SSSR count). The number of carboxylic acid groups (broad SMARTS) is 1. The van der Waals surface area contributed by atoms with Gasteiger partial charge in [0.25, 0.3) is 0 Å². The van der Waals surface area contributed by atoms with Crippen LogP contribution in [0.4, 0.5) is 4.39 Å². The van der Waals surface area contributed by atoms with E-state index in [4.69, 9.17) is 9.84 Å². The molecule has 0 aliphatic carbocycles. The summed E-state index contributed by atoms with van der Waals surface area (Å²) in [5.41, 5.74) is 0.471. The average Bonchev–Trinajstić information content (AvgIpc) is 2.13. The molecule has 0 atom stereocenters. The van der Waals surface area contributed by atoms with E-state index >= 15 is 0 Å². The summed E-state index contributed by atoms with van der Waals surface area (Å²) in [4.78, 5) is 10.6. The number of carbonyl (C=O) groups is 1. The Hall–Kier alpha value is -1.42. The van der Waals surface area contributed by atoms with E-state index < -0.39 is 11.8 Å². The fourth-order valence-electron chi connectivity index (χ4n) is 1.12. The molecule has 1 aromatic rings. The molecule has 3 nitrogen and oxygen atoms in total. The van der Waals surface area contributed by atoms with E-state index in [2.05, 4.69) is 0 Å². The lowest BCUT2D eigenvalue weighted by Gasteiger charge is -2.08. The van der Waals surface area contributed by atoms with Gasteiger partial charge in [-0.15, -0.1) is 0 Å². The minimum Gasteiger partial charge on any atom is -0.478 e. The van der Waals surface area contributed by atoms with Gasteiger partial charge in [0.2, 0.25) is 0 Å².